The molecule has 0 saturated carbocycles. The zero-order chi connectivity index (χ0) is 16.2. The number of alkyl halides is 3. The van der Waals surface area contributed by atoms with Gasteiger partial charge in [0.25, 0.3) is 0 Å². The van der Waals surface area contributed by atoms with E-state index in [2.05, 4.69) is 39.0 Å². The van der Waals surface area contributed by atoms with E-state index >= 15 is 0 Å². The second-order valence-electron chi connectivity index (χ2n) is 5.69. The third-order valence-corrected chi connectivity index (χ3v) is 4.99. The molecule has 0 atom stereocenters. The van der Waals surface area contributed by atoms with Crippen LogP contribution in [0.3, 0.4) is 0 Å². The first-order chi connectivity index (χ1) is 10.9. The molecular weight excluding hydrogens is 416 g/mol. The first kappa shape index (κ1) is 15.0. The number of benzene rings is 1. The fourth-order valence-electron chi connectivity index (χ4n) is 3.17. The van der Waals surface area contributed by atoms with Crippen LogP contribution in [0.5, 0.6) is 0 Å². The Balaban J connectivity index is 1.97. The van der Waals surface area contributed by atoms with Gasteiger partial charge < -0.3 is 5.32 Å². The highest BCUT2D eigenvalue weighted by Gasteiger charge is 2.31. The molecule has 1 aromatic carbocycles. The van der Waals surface area contributed by atoms with Crippen molar-refractivity contribution < 1.29 is 13.2 Å². The third-order valence-electron chi connectivity index (χ3n) is 4.25. The maximum Gasteiger partial charge on any atom is 0.416 e. The van der Waals surface area contributed by atoms with E-state index in [0.717, 1.165) is 35.0 Å². The molecule has 0 bridgehead atoms. The number of hydrogen-bond donors (Lipinski definition) is 1. The van der Waals surface area contributed by atoms with Crippen LogP contribution in [0.15, 0.2) is 55.9 Å². The Hall–Kier alpha value is -1.57. The van der Waals surface area contributed by atoms with Gasteiger partial charge in [-0.2, -0.15) is 13.2 Å². The number of hydrogen-bond acceptors (Lipinski definition) is 2. The molecule has 2 aliphatic heterocycles. The van der Waals surface area contributed by atoms with Gasteiger partial charge in [-0.1, -0.05) is 6.08 Å². The minimum Gasteiger partial charge on any atom is -0.384 e. The summed E-state index contributed by atoms with van der Waals surface area (Å²) in [5.41, 5.74) is 3.26. The Kier molecular flexibility index (Phi) is 3.40. The van der Waals surface area contributed by atoms with Crippen LogP contribution >= 0.6 is 22.6 Å². The normalized spacial score (nSPS) is 19.7. The molecule has 0 unspecified atom stereocenters. The highest BCUT2D eigenvalue weighted by molar-refractivity contribution is 14.1. The quantitative estimate of drug-likeness (QED) is 0.631. The van der Waals surface area contributed by atoms with Gasteiger partial charge in [0.05, 0.1) is 16.6 Å². The van der Waals surface area contributed by atoms with Crippen molar-refractivity contribution >= 4 is 28.2 Å². The van der Waals surface area contributed by atoms with Crippen molar-refractivity contribution in [2.75, 3.05) is 6.54 Å². The average Bonchev–Trinajstić information content (AvgIpc) is 2.76. The summed E-state index contributed by atoms with van der Waals surface area (Å²) in [6.07, 6.45) is 1.19. The highest BCUT2D eigenvalue weighted by Crippen LogP contribution is 2.36. The number of allylic oxidation sites excluding steroid dienone is 5. The molecule has 0 saturated heterocycles. The van der Waals surface area contributed by atoms with Gasteiger partial charge >= 0.3 is 6.18 Å². The van der Waals surface area contributed by atoms with Crippen molar-refractivity contribution in [2.45, 2.75) is 19.0 Å². The van der Waals surface area contributed by atoms with Crippen LogP contribution in [-0.2, 0) is 6.18 Å². The van der Waals surface area contributed by atoms with Crippen LogP contribution in [0.1, 0.15) is 18.4 Å². The lowest BCUT2D eigenvalue weighted by Gasteiger charge is -2.16. The van der Waals surface area contributed by atoms with Gasteiger partial charge in [0.15, 0.2) is 0 Å². The Labute approximate surface area is 144 Å². The lowest BCUT2D eigenvalue weighted by molar-refractivity contribution is -0.137. The van der Waals surface area contributed by atoms with E-state index in [4.69, 9.17) is 0 Å². The van der Waals surface area contributed by atoms with Gasteiger partial charge in [-0.05, 0) is 62.4 Å². The summed E-state index contributed by atoms with van der Waals surface area (Å²) in [6, 6.07) is 3.83. The van der Waals surface area contributed by atoms with Crippen LogP contribution in [0.25, 0.3) is 5.57 Å². The molecule has 1 aromatic rings. The lowest BCUT2D eigenvalue weighted by atomic mass is 9.98. The van der Waals surface area contributed by atoms with Gasteiger partial charge in [0.2, 0.25) is 0 Å². The first-order valence-electron chi connectivity index (χ1n) is 7.27. The predicted octanol–water partition coefficient (Wildman–Crippen LogP) is 3.34. The maximum atomic E-state index is 13.0. The van der Waals surface area contributed by atoms with Crippen molar-refractivity contribution in [3.63, 3.8) is 0 Å². The fraction of sp³-hybridized carbons (Fsp3) is 0.235. The van der Waals surface area contributed by atoms with E-state index in [0.29, 0.717) is 23.5 Å². The zero-order valence-corrected chi connectivity index (χ0v) is 14.1. The number of rotatable bonds is 0. The molecule has 2 heterocycles. The van der Waals surface area contributed by atoms with Crippen molar-refractivity contribution in [1.82, 2.24) is 5.32 Å². The highest BCUT2D eigenvalue weighted by atomic mass is 127. The molecule has 4 rings (SSSR count). The molecular formula is C17H12F3IN2. The largest absolute Gasteiger partial charge is 0.416 e. The summed E-state index contributed by atoms with van der Waals surface area (Å²) in [4.78, 5) is 4.64. The molecule has 23 heavy (non-hydrogen) atoms. The van der Waals surface area contributed by atoms with Gasteiger partial charge in [-0.15, -0.1) is 0 Å². The summed E-state index contributed by atoms with van der Waals surface area (Å²) < 4.78 is 40.2. The third kappa shape index (κ3) is 2.52. The molecule has 6 heteroatoms. The van der Waals surface area contributed by atoms with E-state index in [1.807, 2.05) is 6.08 Å². The lowest BCUT2D eigenvalue weighted by Crippen LogP contribution is -2.26. The summed E-state index contributed by atoms with van der Waals surface area (Å²) in [6.45, 7) is 0.698. The molecule has 2 nitrogen and oxygen atoms in total. The predicted molar refractivity (Wildman–Crippen MR) is 90.1 cm³/mol. The summed E-state index contributed by atoms with van der Waals surface area (Å²) in [5, 5.41) is 4.62. The van der Waals surface area contributed by atoms with E-state index < -0.39 is 11.7 Å². The molecule has 1 N–H and O–H groups in total. The number of halogens is 4. The van der Waals surface area contributed by atoms with Crippen molar-refractivity contribution in [1.29, 1.82) is 0 Å². The van der Waals surface area contributed by atoms with E-state index in [9.17, 15) is 13.2 Å². The van der Waals surface area contributed by atoms with E-state index in [-0.39, 0.29) is 0 Å². The first-order valence-corrected chi connectivity index (χ1v) is 8.34. The standard InChI is InChI=1S/C17H12F3IN2/c18-17(19,20)9-1-3-15-12(7-9)11-5-6-22-14-4-2-10(21)8-13(14)16(11)23-15/h1-4,7,22H,5-6,8H2. The molecule has 0 aromatic heterocycles. The second kappa shape index (κ2) is 5.22. The van der Waals surface area contributed by atoms with Gasteiger partial charge in [-0.3, -0.25) is 0 Å². The summed E-state index contributed by atoms with van der Waals surface area (Å²) >= 11 is 2.28. The van der Waals surface area contributed by atoms with Crippen LogP contribution < -0.4 is 15.9 Å². The average molecular weight is 428 g/mol. The number of fused-ring (bicyclic) bond motifs is 3. The monoisotopic (exact) mass is 428 g/mol. The van der Waals surface area contributed by atoms with Crippen LogP contribution in [0.2, 0.25) is 0 Å². The van der Waals surface area contributed by atoms with Crippen LogP contribution in [0, 0.1) is 0 Å². The molecule has 1 aliphatic carbocycles. The Bertz CT molecular complexity index is 920. The van der Waals surface area contributed by atoms with E-state index in [1.165, 1.54) is 15.7 Å². The number of nitrogens with one attached hydrogen (secondary N) is 1. The molecule has 3 aliphatic rings. The smallest absolute Gasteiger partial charge is 0.384 e. The maximum absolute atomic E-state index is 13.0. The molecule has 0 spiro atoms. The topological polar surface area (TPSA) is 24.4 Å². The van der Waals surface area contributed by atoms with Crippen LogP contribution in [-0.4, -0.2) is 6.54 Å². The summed E-state index contributed by atoms with van der Waals surface area (Å²) in [5.74, 6) is 0. The minimum absolute atomic E-state index is 0.615. The Morgan fingerprint density at radius 1 is 1.13 bits per heavy atom. The summed E-state index contributed by atoms with van der Waals surface area (Å²) in [7, 11) is 0. The van der Waals surface area contributed by atoms with Gasteiger partial charge in [0.1, 0.15) is 0 Å². The second-order valence-corrected chi connectivity index (χ2v) is 7.08. The van der Waals surface area contributed by atoms with E-state index in [1.54, 1.807) is 0 Å². The molecule has 0 radical (unpaired) electrons. The SMILES string of the molecule is FC(F)(F)c1ccc2c(c1)=C1CCNC3=CC=C(I)CC3=C1N=2. The minimum atomic E-state index is -4.33. The molecule has 118 valence electrons. The van der Waals surface area contributed by atoms with Crippen molar-refractivity contribution in [2.24, 2.45) is 4.99 Å². The molecule has 0 fully saturated rings. The Morgan fingerprint density at radius 3 is 2.74 bits per heavy atom. The zero-order valence-electron chi connectivity index (χ0n) is 12.0. The fourth-order valence-corrected chi connectivity index (χ4v) is 3.73. The molecule has 0 amide bonds. The van der Waals surface area contributed by atoms with Crippen molar-refractivity contribution in [3.8, 4) is 0 Å². The van der Waals surface area contributed by atoms with Gasteiger partial charge in [0, 0.05) is 29.5 Å². The van der Waals surface area contributed by atoms with Crippen molar-refractivity contribution in [3.05, 3.63) is 67.0 Å². The Morgan fingerprint density at radius 2 is 1.96 bits per heavy atom. The number of nitrogens with zero attached hydrogens (tertiary/aromatic N) is 1. The van der Waals surface area contributed by atoms with Gasteiger partial charge in [-0.25, -0.2) is 4.99 Å². The van der Waals surface area contributed by atoms with Crippen LogP contribution in [0.4, 0.5) is 13.2 Å².